The van der Waals surface area contributed by atoms with Crippen LogP contribution in [0.5, 0.6) is 11.5 Å². The van der Waals surface area contributed by atoms with Gasteiger partial charge >= 0.3 is 24.2 Å². The number of ether oxygens (including phenoxy) is 1. The molecule has 0 unspecified atom stereocenters. The number of fused-ring (bicyclic) bond motifs is 1. The van der Waals surface area contributed by atoms with Crippen molar-refractivity contribution in [2.24, 2.45) is 0 Å². The van der Waals surface area contributed by atoms with Crippen LogP contribution in [0.1, 0.15) is 35.1 Å². The summed E-state index contributed by atoms with van der Waals surface area (Å²) in [6.45, 7) is -1.79. The van der Waals surface area contributed by atoms with E-state index in [1.54, 1.807) is 36.4 Å². The minimum atomic E-state index is -6.58. The maximum absolute atomic E-state index is 14.5. The zero-order valence-corrected chi connectivity index (χ0v) is 25.1. The molecule has 0 radical (unpaired) electrons. The van der Waals surface area contributed by atoms with E-state index in [0.717, 1.165) is 42.7 Å². The number of nitrogens with zero attached hydrogens (tertiary/aromatic N) is 1. The third-order valence-corrected chi connectivity index (χ3v) is 8.13. The number of anilines is 1. The Labute approximate surface area is 269 Å². The zero-order chi connectivity index (χ0) is 34.9. The fraction of sp³-hybridized carbons (Fsp3) is 0.314. The Balaban J connectivity index is 1.49. The molecule has 0 saturated carbocycles. The molecule has 1 atom stereocenters. The second kappa shape index (κ2) is 13.3. The Morgan fingerprint density at radius 2 is 1.35 bits per heavy atom. The number of halogens is 10. The predicted molar refractivity (Wildman–Crippen MR) is 159 cm³/mol. The molecule has 0 fully saturated rings. The summed E-state index contributed by atoms with van der Waals surface area (Å²) < 4.78 is 142. The molecule has 256 valence electrons. The molecule has 4 aromatic rings. The zero-order valence-electron chi connectivity index (χ0n) is 25.1. The first-order valence-corrected chi connectivity index (χ1v) is 14.9. The van der Waals surface area contributed by atoms with Crippen LogP contribution in [0.3, 0.4) is 0 Å². The van der Waals surface area contributed by atoms with Gasteiger partial charge in [-0.25, -0.2) is 0 Å². The lowest BCUT2D eigenvalue weighted by Crippen LogP contribution is -2.50. The van der Waals surface area contributed by atoms with Gasteiger partial charge in [-0.2, -0.15) is 43.9 Å². The van der Waals surface area contributed by atoms with Gasteiger partial charge in [-0.05, 0) is 84.3 Å². The maximum Gasteiger partial charge on any atom is 0.460 e. The summed E-state index contributed by atoms with van der Waals surface area (Å²) in [5.41, 5.74) is 1.34. The molecular formula is C35H29F10NO2. The van der Waals surface area contributed by atoms with Gasteiger partial charge in [0.25, 0.3) is 0 Å². The summed E-state index contributed by atoms with van der Waals surface area (Å²) in [4.78, 5) is 0.990. The Morgan fingerprint density at radius 3 is 2.06 bits per heavy atom. The number of benzene rings is 4. The normalized spacial score (nSPS) is 14.7. The van der Waals surface area contributed by atoms with E-state index >= 15 is 0 Å². The first kappa shape index (κ1) is 35.1. The Morgan fingerprint density at radius 1 is 0.688 bits per heavy atom. The fourth-order valence-electron chi connectivity index (χ4n) is 5.63. The SMILES string of the molecule is O[C@H](CN(Cc1cccc(C(F)(F)C(F)(F)C(F)(F)F)c1)c1ccccc1-c1cccc(Oc2ccc3c(c2)CCCC3)c1)C(F)(F)F. The average Bonchev–Trinajstić information content (AvgIpc) is 3.03. The Kier molecular flexibility index (Phi) is 9.74. The first-order valence-electron chi connectivity index (χ1n) is 14.9. The molecule has 0 amide bonds. The van der Waals surface area contributed by atoms with Crippen molar-refractivity contribution in [2.45, 2.75) is 62.5 Å². The van der Waals surface area contributed by atoms with Crippen LogP contribution < -0.4 is 9.64 Å². The highest BCUT2D eigenvalue weighted by Gasteiger charge is 2.73. The summed E-state index contributed by atoms with van der Waals surface area (Å²) in [5.74, 6) is -11.1. The minimum absolute atomic E-state index is 0.0875. The second-order valence-corrected chi connectivity index (χ2v) is 11.6. The highest BCUT2D eigenvalue weighted by atomic mass is 19.4. The van der Waals surface area contributed by atoms with E-state index in [2.05, 4.69) is 0 Å². The monoisotopic (exact) mass is 685 g/mol. The van der Waals surface area contributed by atoms with Crippen LogP contribution in [0.2, 0.25) is 0 Å². The quantitative estimate of drug-likeness (QED) is 0.169. The largest absolute Gasteiger partial charge is 0.460 e. The van der Waals surface area contributed by atoms with Crippen molar-refractivity contribution >= 4 is 5.69 Å². The van der Waals surface area contributed by atoms with Gasteiger partial charge in [-0.3, -0.25) is 0 Å². The van der Waals surface area contributed by atoms with Crippen molar-refractivity contribution in [1.29, 1.82) is 0 Å². The molecular weight excluding hydrogens is 656 g/mol. The van der Waals surface area contributed by atoms with Crippen molar-refractivity contribution in [1.82, 2.24) is 0 Å². The summed E-state index contributed by atoms with van der Waals surface area (Å²) in [7, 11) is 0. The molecule has 1 aliphatic rings. The summed E-state index contributed by atoms with van der Waals surface area (Å²) in [6.07, 6.45) is -10.5. The topological polar surface area (TPSA) is 32.7 Å². The van der Waals surface area contributed by atoms with Crippen LogP contribution in [0.15, 0.2) is 91.0 Å². The van der Waals surface area contributed by atoms with E-state index in [1.807, 2.05) is 18.2 Å². The number of rotatable bonds is 10. The van der Waals surface area contributed by atoms with Crippen LogP contribution >= 0.6 is 0 Å². The van der Waals surface area contributed by atoms with E-state index in [-0.39, 0.29) is 11.3 Å². The molecule has 3 nitrogen and oxygen atoms in total. The lowest BCUT2D eigenvalue weighted by atomic mass is 9.92. The minimum Gasteiger partial charge on any atom is -0.457 e. The van der Waals surface area contributed by atoms with Gasteiger partial charge in [0.15, 0.2) is 6.10 Å². The molecule has 0 bridgehead atoms. The van der Waals surface area contributed by atoms with Gasteiger partial charge in [0.05, 0.1) is 6.54 Å². The van der Waals surface area contributed by atoms with Gasteiger partial charge in [-0.15, -0.1) is 0 Å². The Hall–Kier alpha value is -4.26. The number of para-hydroxylation sites is 1. The molecule has 5 rings (SSSR count). The predicted octanol–water partition coefficient (Wildman–Crippen LogP) is 10.2. The number of aryl methyl sites for hydroxylation is 2. The number of hydrogen-bond donors (Lipinski definition) is 1. The molecule has 4 aromatic carbocycles. The molecule has 48 heavy (non-hydrogen) atoms. The molecule has 0 saturated heterocycles. The van der Waals surface area contributed by atoms with Gasteiger partial charge in [0.1, 0.15) is 11.5 Å². The molecule has 1 aliphatic carbocycles. The van der Waals surface area contributed by atoms with Crippen LogP contribution in [0, 0.1) is 0 Å². The van der Waals surface area contributed by atoms with Crippen molar-refractivity contribution in [3.63, 3.8) is 0 Å². The van der Waals surface area contributed by atoms with Crippen LogP contribution in [0.4, 0.5) is 49.6 Å². The third kappa shape index (κ3) is 7.40. The lowest BCUT2D eigenvalue weighted by Gasteiger charge is -2.31. The lowest BCUT2D eigenvalue weighted by molar-refractivity contribution is -0.359. The smallest absolute Gasteiger partial charge is 0.457 e. The van der Waals surface area contributed by atoms with Crippen LogP contribution in [0.25, 0.3) is 11.1 Å². The fourth-order valence-corrected chi connectivity index (χ4v) is 5.63. The van der Waals surface area contributed by atoms with E-state index in [4.69, 9.17) is 4.74 Å². The van der Waals surface area contributed by atoms with Gasteiger partial charge in [0.2, 0.25) is 0 Å². The van der Waals surface area contributed by atoms with E-state index in [0.29, 0.717) is 34.8 Å². The number of aliphatic hydroxyl groups is 1. The molecule has 0 heterocycles. The molecule has 0 aliphatic heterocycles. The maximum atomic E-state index is 14.5. The van der Waals surface area contributed by atoms with Crippen molar-refractivity contribution in [3.8, 4) is 22.6 Å². The van der Waals surface area contributed by atoms with E-state index in [9.17, 15) is 49.0 Å². The molecule has 13 heteroatoms. The molecule has 1 N–H and O–H groups in total. The highest BCUT2D eigenvalue weighted by Crippen LogP contribution is 2.52. The van der Waals surface area contributed by atoms with Crippen LogP contribution in [-0.4, -0.2) is 36.0 Å². The summed E-state index contributed by atoms with van der Waals surface area (Å²) in [5, 5.41) is 10.00. The molecule has 0 aromatic heterocycles. The number of aliphatic hydroxyl groups excluding tert-OH is 1. The van der Waals surface area contributed by atoms with E-state index < -0.39 is 49.0 Å². The highest BCUT2D eigenvalue weighted by molar-refractivity contribution is 5.79. The van der Waals surface area contributed by atoms with Crippen molar-refractivity contribution < 1.29 is 53.7 Å². The second-order valence-electron chi connectivity index (χ2n) is 11.6. The summed E-state index contributed by atoms with van der Waals surface area (Å²) in [6, 6.07) is 21.1. The van der Waals surface area contributed by atoms with Gasteiger partial charge in [-0.1, -0.05) is 54.6 Å². The van der Waals surface area contributed by atoms with Crippen molar-refractivity contribution in [2.75, 3.05) is 11.4 Å². The number of hydrogen-bond acceptors (Lipinski definition) is 3. The first-order chi connectivity index (χ1) is 22.5. The van der Waals surface area contributed by atoms with Gasteiger partial charge in [0, 0.05) is 23.4 Å². The standard InChI is InChI=1S/C35H29F10NO2/c36-32(37,34(41,42)35(43,44)45)26-11-5-7-22(17-26)20-46(21-31(47)33(38,39)40)30-14-4-3-13-29(30)25-10-6-12-27(19-25)48-28-16-15-23-8-1-2-9-24(23)18-28/h3-7,10-19,31,47H,1-2,8-9,20-21H2/t31-/m1/s1. The molecule has 0 spiro atoms. The van der Waals surface area contributed by atoms with Crippen LogP contribution in [-0.2, 0) is 25.3 Å². The number of alkyl halides is 10. The summed E-state index contributed by atoms with van der Waals surface area (Å²) >= 11 is 0. The average molecular weight is 686 g/mol. The Bertz CT molecular complexity index is 1740. The third-order valence-electron chi connectivity index (χ3n) is 8.13. The van der Waals surface area contributed by atoms with Crippen molar-refractivity contribution in [3.05, 3.63) is 113 Å². The van der Waals surface area contributed by atoms with E-state index in [1.165, 1.54) is 23.3 Å². The van der Waals surface area contributed by atoms with Gasteiger partial charge < -0.3 is 14.7 Å².